The molecule has 0 bridgehead atoms. The number of anilines is 1. The van der Waals surface area contributed by atoms with Gasteiger partial charge in [0.15, 0.2) is 0 Å². The van der Waals surface area contributed by atoms with Crippen LogP contribution in [-0.2, 0) is 19.1 Å². The third-order valence-electron chi connectivity index (χ3n) is 9.06. The maximum absolute atomic E-state index is 14.6. The van der Waals surface area contributed by atoms with Gasteiger partial charge in [0.05, 0.1) is 17.6 Å². The Bertz CT molecular complexity index is 2060. The van der Waals surface area contributed by atoms with E-state index >= 15 is 0 Å². The second-order valence-corrected chi connectivity index (χ2v) is 16.2. The van der Waals surface area contributed by atoms with Gasteiger partial charge >= 0.3 is 6.09 Å². The topological polar surface area (TPSA) is 206 Å². The molecule has 4 heterocycles. The first-order valence-electron chi connectivity index (χ1n) is 17.5. The second-order valence-electron chi connectivity index (χ2n) is 15.4. The van der Waals surface area contributed by atoms with E-state index in [0.717, 1.165) is 5.56 Å². The number of thiophene rings is 1. The summed E-state index contributed by atoms with van der Waals surface area (Å²) < 4.78 is 12.0. The van der Waals surface area contributed by atoms with E-state index in [-0.39, 0.29) is 31.2 Å². The number of H-pyrrole nitrogens is 1. The zero-order valence-electron chi connectivity index (χ0n) is 31.0. The van der Waals surface area contributed by atoms with Crippen molar-refractivity contribution in [3.8, 4) is 5.88 Å². The smallest absolute Gasteiger partial charge is 0.408 e. The summed E-state index contributed by atoms with van der Waals surface area (Å²) >= 11 is 1.57. The minimum atomic E-state index is -1.37. The molecule has 0 spiro atoms. The van der Waals surface area contributed by atoms with Gasteiger partial charge in [-0.1, -0.05) is 50.2 Å². The number of rotatable bonds is 11. The molecule has 2 fully saturated rings. The van der Waals surface area contributed by atoms with Crippen molar-refractivity contribution in [3.05, 3.63) is 65.0 Å². The number of nitrogens with one attached hydrogen (secondary N) is 4. The molecular weight excluding hydrogens is 713 g/mol. The zero-order valence-corrected chi connectivity index (χ0v) is 31.8. The molecule has 1 aliphatic carbocycles. The molecular formula is C37H44N10O6S. The van der Waals surface area contributed by atoms with Crippen molar-refractivity contribution in [1.82, 2.24) is 46.1 Å². The van der Waals surface area contributed by atoms with Crippen molar-refractivity contribution in [1.29, 1.82) is 0 Å². The van der Waals surface area contributed by atoms with Crippen molar-refractivity contribution in [2.75, 3.05) is 11.9 Å². The molecule has 0 radical (unpaired) electrons. The summed E-state index contributed by atoms with van der Waals surface area (Å²) in [4.78, 5) is 66.5. The van der Waals surface area contributed by atoms with Gasteiger partial charge in [0.25, 0.3) is 11.9 Å². The van der Waals surface area contributed by atoms with Crippen LogP contribution in [0.25, 0.3) is 23.2 Å². The van der Waals surface area contributed by atoms with Crippen molar-refractivity contribution >= 4 is 64.3 Å². The number of alkyl carbamates (subject to hydrolysis) is 1. The third-order valence-corrected chi connectivity index (χ3v) is 9.76. The summed E-state index contributed by atoms with van der Waals surface area (Å²) in [7, 11) is 0. The number of hydrogen-bond acceptors (Lipinski definition) is 12. The molecule has 1 saturated heterocycles. The zero-order chi connectivity index (χ0) is 38.8. The van der Waals surface area contributed by atoms with E-state index in [1.54, 1.807) is 59.0 Å². The third kappa shape index (κ3) is 8.56. The SMILES string of the molecule is C=C[C@@H]1C[C@]1(NC(=O)[C@@H]1C[C@@H](Oc2nc3ccccc3nc2/C=C/c2ccsc2)CN1C(=O)[C@@H](NC(=O)OC(C)(C)C)C(C)(C)C)C(=O)Nc1nn[nH]n1. The van der Waals surface area contributed by atoms with E-state index in [1.165, 1.54) is 4.90 Å². The Hall–Kier alpha value is -5.71. The highest BCUT2D eigenvalue weighted by molar-refractivity contribution is 7.08. The van der Waals surface area contributed by atoms with Crippen LogP contribution in [0.15, 0.2) is 53.7 Å². The molecule has 6 rings (SSSR count). The van der Waals surface area contributed by atoms with E-state index in [0.29, 0.717) is 16.7 Å². The van der Waals surface area contributed by atoms with Crippen LogP contribution in [-0.4, -0.2) is 95.2 Å². The fraction of sp³-hybridized carbons (Fsp3) is 0.432. The molecule has 2 aliphatic rings. The lowest BCUT2D eigenvalue weighted by molar-refractivity contribution is -0.142. The van der Waals surface area contributed by atoms with Crippen LogP contribution in [0.5, 0.6) is 5.88 Å². The van der Waals surface area contributed by atoms with Gasteiger partial charge in [-0.15, -0.1) is 11.7 Å². The first kappa shape index (κ1) is 38.0. The van der Waals surface area contributed by atoms with Crippen LogP contribution in [0.1, 0.15) is 65.6 Å². The Morgan fingerprint density at radius 3 is 2.43 bits per heavy atom. The number of carbonyl (C=O) groups is 4. The van der Waals surface area contributed by atoms with Crippen LogP contribution < -0.4 is 20.7 Å². The number of ether oxygens (including phenoxy) is 2. The van der Waals surface area contributed by atoms with Gasteiger partial charge in [0.2, 0.25) is 17.7 Å². The second kappa shape index (κ2) is 15.0. The first-order valence-corrected chi connectivity index (χ1v) is 18.4. The number of nitrogens with zero attached hydrogens (tertiary/aromatic N) is 6. The predicted octanol–water partition coefficient (Wildman–Crippen LogP) is 4.36. The number of aromatic nitrogens is 6. The quantitative estimate of drug-likeness (QED) is 0.158. The number of likely N-dealkylation sites (tertiary alicyclic amines) is 1. The minimum absolute atomic E-state index is 0.0331. The van der Waals surface area contributed by atoms with Crippen LogP contribution in [0.4, 0.5) is 10.7 Å². The normalized spacial score (nSPS) is 21.7. The van der Waals surface area contributed by atoms with Crippen molar-refractivity contribution in [2.24, 2.45) is 11.3 Å². The number of para-hydroxylation sites is 2. The van der Waals surface area contributed by atoms with E-state index in [9.17, 15) is 19.2 Å². The molecule has 284 valence electrons. The van der Waals surface area contributed by atoms with Crippen LogP contribution in [0.2, 0.25) is 0 Å². The summed E-state index contributed by atoms with van der Waals surface area (Å²) in [5.74, 6) is -1.90. The molecule has 1 aromatic carbocycles. The predicted molar refractivity (Wildman–Crippen MR) is 202 cm³/mol. The van der Waals surface area contributed by atoms with Crippen LogP contribution in [0.3, 0.4) is 0 Å². The average Bonchev–Trinajstić information content (AvgIpc) is 3.58. The van der Waals surface area contributed by atoms with E-state index in [2.05, 4.69) is 43.2 Å². The average molecular weight is 757 g/mol. The number of amides is 4. The van der Waals surface area contributed by atoms with Crippen molar-refractivity contribution < 1.29 is 28.7 Å². The monoisotopic (exact) mass is 756 g/mol. The number of benzene rings is 1. The maximum atomic E-state index is 14.6. The summed E-state index contributed by atoms with van der Waals surface area (Å²) in [5, 5.41) is 25.5. The Morgan fingerprint density at radius 2 is 1.81 bits per heavy atom. The highest BCUT2D eigenvalue weighted by Gasteiger charge is 2.61. The van der Waals surface area contributed by atoms with E-state index in [1.807, 2.05) is 53.2 Å². The number of carbonyl (C=O) groups excluding carboxylic acids is 4. The summed E-state index contributed by atoms with van der Waals surface area (Å²) in [5.41, 5.74) is -0.258. The van der Waals surface area contributed by atoms with Gasteiger partial charge < -0.3 is 25.0 Å². The van der Waals surface area contributed by atoms with E-state index < -0.39 is 64.5 Å². The molecule has 4 N–H and O–H groups in total. The molecule has 5 atom stereocenters. The van der Waals surface area contributed by atoms with Crippen LogP contribution in [0, 0.1) is 11.3 Å². The Morgan fingerprint density at radius 1 is 1.07 bits per heavy atom. The molecule has 1 saturated carbocycles. The van der Waals surface area contributed by atoms with Gasteiger partial charge in [-0.2, -0.15) is 16.6 Å². The molecule has 16 nitrogen and oxygen atoms in total. The van der Waals surface area contributed by atoms with Gasteiger partial charge in [-0.25, -0.2) is 14.8 Å². The van der Waals surface area contributed by atoms with Crippen LogP contribution >= 0.6 is 11.3 Å². The molecule has 0 unspecified atom stereocenters. The highest BCUT2D eigenvalue weighted by Crippen LogP contribution is 2.45. The number of aromatic amines is 1. The molecule has 4 amide bonds. The minimum Gasteiger partial charge on any atom is -0.471 e. The lowest BCUT2D eigenvalue weighted by atomic mass is 9.85. The lowest BCUT2D eigenvalue weighted by Gasteiger charge is -2.36. The van der Waals surface area contributed by atoms with Gasteiger partial charge in [-0.05, 0) is 78.4 Å². The maximum Gasteiger partial charge on any atom is 0.408 e. The van der Waals surface area contributed by atoms with Gasteiger partial charge in [-0.3, -0.25) is 19.7 Å². The largest absolute Gasteiger partial charge is 0.471 e. The summed E-state index contributed by atoms with van der Waals surface area (Å²) in [6, 6.07) is 7.17. The standard InChI is InChI=1S/C37H44N10O6S/c1-8-22-18-37(22,32(50)41-33-43-45-46-44-33)42-29(48)27-17-23(19-47(27)31(49)28(35(2,3)4)40-34(51)53-36(5,6)7)52-30-26(14-13-21-15-16-54-20-21)38-24-11-9-10-12-25(24)39-30/h8-16,20,22-23,27-28H,1,17-19H2,2-7H3,(H,40,51)(H,42,48)(H2,41,43,44,45,46,50)/b14-13+/t22-,23-,27+,28-,37-/m1/s1. The highest BCUT2D eigenvalue weighted by atomic mass is 32.1. The van der Waals surface area contributed by atoms with Crippen molar-refractivity contribution in [3.63, 3.8) is 0 Å². The Balaban J connectivity index is 1.32. The molecule has 1 aliphatic heterocycles. The molecule has 17 heteroatoms. The van der Waals surface area contributed by atoms with Gasteiger partial charge in [0, 0.05) is 12.3 Å². The Labute approximate surface area is 316 Å². The lowest BCUT2D eigenvalue weighted by Crippen LogP contribution is -2.59. The van der Waals surface area contributed by atoms with E-state index in [4.69, 9.17) is 19.4 Å². The fourth-order valence-corrected chi connectivity index (χ4v) is 6.90. The number of fused-ring (bicyclic) bond motifs is 1. The number of tetrazole rings is 1. The molecule has 3 aromatic heterocycles. The first-order chi connectivity index (χ1) is 25.6. The van der Waals surface area contributed by atoms with Gasteiger partial charge in [0.1, 0.15) is 35.0 Å². The Kier molecular flexibility index (Phi) is 10.5. The molecule has 4 aromatic rings. The fourth-order valence-electron chi connectivity index (χ4n) is 6.28. The summed E-state index contributed by atoms with van der Waals surface area (Å²) in [6.45, 7) is 14.4. The van der Waals surface area contributed by atoms with Crippen molar-refractivity contribution in [2.45, 2.75) is 83.7 Å². The summed E-state index contributed by atoms with van der Waals surface area (Å²) in [6.07, 6.45) is 4.12. The number of hydrogen-bond donors (Lipinski definition) is 4. The molecule has 54 heavy (non-hydrogen) atoms.